The van der Waals surface area contributed by atoms with Crippen LogP contribution in [0, 0.1) is 0 Å². The molecule has 1 amide bonds. The molecule has 1 unspecified atom stereocenters. The van der Waals surface area contributed by atoms with Crippen LogP contribution in [-0.4, -0.2) is 36.5 Å². The molecule has 0 aromatic carbocycles. The maximum absolute atomic E-state index is 11.0. The van der Waals surface area contributed by atoms with Crippen LogP contribution in [0.2, 0.25) is 0 Å². The van der Waals surface area contributed by atoms with Crippen LogP contribution < -0.4 is 0 Å². The number of esters is 1. The molecule has 1 aliphatic heterocycles. The summed E-state index contributed by atoms with van der Waals surface area (Å²) in [6.07, 6.45) is 1.03. The van der Waals surface area contributed by atoms with Crippen molar-refractivity contribution in [2.45, 2.75) is 25.9 Å². The van der Waals surface area contributed by atoms with Crippen molar-refractivity contribution in [3.8, 4) is 0 Å². The minimum absolute atomic E-state index is 0.106. The van der Waals surface area contributed by atoms with Gasteiger partial charge >= 0.3 is 5.97 Å². The predicted molar refractivity (Wildman–Crippen MR) is 42.4 cm³/mol. The van der Waals surface area contributed by atoms with Gasteiger partial charge in [0.15, 0.2) is 0 Å². The van der Waals surface area contributed by atoms with E-state index in [4.69, 9.17) is 4.74 Å². The van der Waals surface area contributed by atoms with Crippen molar-refractivity contribution < 1.29 is 14.3 Å². The zero-order chi connectivity index (χ0) is 9.14. The first-order valence-electron chi connectivity index (χ1n) is 4.01. The summed E-state index contributed by atoms with van der Waals surface area (Å²) in [5, 5.41) is 0. The van der Waals surface area contributed by atoms with Crippen molar-refractivity contribution >= 4 is 11.9 Å². The highest BCUT2D eigenvalue weighted by Gasteiger charge is 2.24. The van der Waals surface area contributed by atoms with Crippen LogP contribution in [0.3, 0.4) is 0 Å². The molecule has 68 valence electrons. The quantitative estimate of drug-likeness (QED) is 0.528. The minimum Gasteiger partial charge on any atom is -0.461 e. The van der Waals surface area contributed by atoms with Crippen LogP contribution >= 0.6 is 0 Å². The molecule has 1 heterocycles. The number of likely N-dealkylation sites (tertiary alicyclic amines) is 1. The van der Waals surface area contributed by atoms with E-state index in [2.05, 4.69) is 0 Å². The van der Waals surface area contributed by atoms with Crippen molar-refractivity contribution in [3.63, 3.8) is 0 Å². The predicted octanol–water partition coefficient (Wildman–Crippen LogP) is 0.170. The van der Waals surface area contributed by atoms with Crippen LogP contribution in [-0.2, 0) is 14.3 Å². The first kappa shape index (κ1) is 9.03. The molecular weight excluding hydrogens is 158 g/mol. The zero-order valence-electron chi connectivity index (χ0n) is 7.37. The number of likely N-dealkylation sites (N-methyl/N-ethyl adjacent to an activating group) is 1. The van der Waals surface area contributed by atoms with E-state index in [1.165, 1.54) is 6.92 Å². The van der Waals surface area contributed by atoms with E-state index in [0.717, 1.165) is 0 Å². The Morgan fingerprint density at radius 2 is 2.33 bits per heavy atom. The Labute approximate surface area is 71.5 Å². The number of hydrogen-bond acceptors (Lipinski definition) is 3. The number of rotatable bonds is 1. The van der Waals surface area contributed by atoms with E-state index >= 15 is 0 Å². The fourth-order valence-corrected chi connectivity index (χ4v) is 1.30. The average Bonchev–Trinajstić information content (AvgIpc) is 1.96. The molecule has 0 bridgehead atoms. The molecule has 1 atom stereocenters. The van der Waals surface area contributed by atoms with Gasteiger partial charge in [0.05, 0.1) is 6.54 Å². The molecule has 0 spiro atoms. The van der Waals surface area contributed by atoms with Gasteiger partial charge in [-0.15, -0.1) is 0 Å². The van der Waals surface area contributed by atoms with Crippen molar-refractivity contribution in [3.05, 3.63) is 0 Å². The Bertz CT molecular complexity index is 202. The highest BCUT2D eigenvalue weighted by molar-refractivity contribution is 5.77. The van der Waals surface area contributed by atoms with Gasteiger partial charge in [-0.3, -0.25) is 9.59 Å². The highest BCUT2D eigenvalue weighted by Crippen LogP contribution is 2.12. The second-order valence-corrected chi connectivity index (χ2v) is 3.04. The SMILES string of the molecule is CC(=O)OC1CCC(=O)N(C)C1. The molecule has 0 radical (unpaired) electrons. The van der Waals surface area contributed by atoms with Crippen LogP contribution in [0.5, 0.6) is 0 Å². The minimum atomic E-state index is -0.275. The standard InChI is InChI=1S/C8H13NO3/c1-6(10)12-7-3-4-8(11)9(2)5-7/h7H,3-5H2,1-2H3. The van der Waals surface area contributed by atoms with Crippen molar-refractivity contribution in [1.82, 2.24) is 4.90 Å². The van der Waals surface area contributed by atoms with Gasteiger partial charge in [-0.05, 0) is 6.42 Å². The topological polar surface area (TPSA) is 46.6 Å². The molecule has 0 aromatic heterocycles. The summed E-state index contributed by atoms with van der Waals surface area (Å²) in [5.74, 6) is -0.152. The molecular formula is C8H13NO3. The monoisotopic (exact) mass is 171 g/mol. The Morgan fingerprint density at radius 3 is 2.83 bits per heavy atom. The smallest absolute Gasteiger partial charge is 0.302 e. The Balaban J connectivity index is 2.40. The fourth-order valence-electron chi connectivity index (χ4n) is 1.30. The molecule has 0 aromatic rings. The largest absolute Gasteiger partial charge is 0.461 e. The van der Waals surface area contributed by atoms with Crippen LogP contribution in [0.4, 0.5) is 0 Å². The van der Waals surface area contributed by atoms with Gasteiger partial charge in [-0.1, -0.05) is 0 Å². The normalized spacial score (nSPS) is 24.0. The van der Waals surface area contributed by atoms with E-state index in [9.17, 15) is 9.59 Å². The van der Waals surface area contributed by atoms with E-state index in [0.29, 0.717) is 19.4 Å². The third-order valence-corrected chi connectivity index (χ3v) is 1.92. The van der Waals surface area contributed by atoms with Gasteiger partial charge in [0, 0.05) is 20.4 Å². The van der Waals surface area contributed by atoms with Crippen LogP contribution in [0.1, 0.15) is 19.8 Å². The first-order valence-corrected chi connectivity index (χ1v) is 4.01. The fraction of sp³-hybridized carbons (Fsp3) is 0.750. The molecule has 1 saturated heterocycles. The third-order valence-electron chi connectivity index (χ3n) is 1.92. The van der Waals surface area contributed by atoms with Gasteiger partial charge in [0.1, 0.15) is 6.10 Å². The summed E-state index contributed by atoms with van der Waals surface area (Å²) in [5.41, 5.74) is 0. The lowest BCUT2D eigenvalue weighted by Gasteiger charge is -2.28. The Kier molecular flexibility index (Phi) is 2.68. The molecule has 1 rings (SSSR count). The molecule has 0 saturated carbocycles. The molecule has 4 nitrogen and oxygen atoms in total. The number of ether oxygens (including phenoxy) is 1. The first-order chi connectivity index (χ1) is 5.59. The molecule has 12 heavy (non-hydrogen) atoms. The Morgan fingerprint density at radius 1 is 1.67 bits per heavy atom. The van der Waals surface area contributed by atoms with Gasteiger partial charge in [0.25, 0.3) is 0 Å². The maximum Gasteiger partial charge on any atom is 0.302 e. The van der Waals surface area contributed by atoms with Gasteiger partial charge in [-0.2, -0.15) is 0 Å². The van der Waals surface area contributed by atoms with E-state index in [1.807, 2.05) is 0 Å². The summed E-state index contributed by atoms with van der Waals surface area (Å²) in [4.78, 5) is 23.2. The van der Waals surface area contributed by atoms with Crippen molar-refractivity contribution in [2.75, 3.05) is 13.6 Å². The summed E-state index contributed by atoms with van der Waals surface area (Å²) >= 11 is 0. The average molecular weight is 171 g/mol. The van der Waals surface area contributed by atoms with E-state index < -0.39 is 0 Å². The number of hydrogen-bond donors (Lipinski definition) is 0. The van der Waals surface area contributed by atoms with Crippen LogP contribution in [0.15, 0.2) is 0 Å². The summed E-state index contributed by atoms with van der Waals surface area (Å²) < 4.78 is 4.98. The van der Waals surface area contributed by atoms with Gasteiger partial charge in [-0.25, -0.2) is 0 Å². The van der Waals surface area contributed by atoms with Crippen molar-refractivity contribution in [2.24, 2.45) is 0 Å². The number of amides is 1. The lowest BCUT2D eigenvalue weighted by atomic mass is 10.1. The number of piperidine rings is 1. The summed E-state index contributed by atoms with van der Waals surface area (Å²) in [6, 6.07) is 0. The molecule has 1 aliphatic rings. The Hall–Kier alpha value is -1.06. The van der Waals surface area contributed by atoms with Gasteiger partial charge in [0.2, 0.25) is 5.91 Å². The number of carbonyl (C=O) groups is 2. The number of nitrogens with zero attached hydrogens (tertiary/aromatic N) is 1. The third kappa shape index (κ3) is 2.22. The second kappa shape index (κ2) is 3.56. The molecule has 0 aliphatic carbocycles. The molecule has 4 heteroatoms. The summed E-state index contributed by atoms with van der Waals surface area (Å²) in [6.45, 7) is 1.91. The second-order valence-electron chi connectivity index (χ2n) is 3.04. The van der Waals surface area contributed by atoms with E-state index in [1.54, 1.807) is 11.9 Å². The lowest BCUT2D eigenvalue weighted by molar-refractivity contribution is -0.153. The van der Waals surface area contributed by atoms with E-state index in [-0.39, 0.29) is 18.0 Å². The van der Waals surface area contributed by atoms with Gasteiger partial charge < -0.3 is 9.64 Å². The number of carbonyl (C=O) groups excluding carboxylic acids is 2. The maximum atomic E-state index is 11.0. The zero-order valence-corrected chi connectivity index (χ0v) is 7.37. The van der Waals surface area contributed by atoms with Crippen molar-refractivity contribution in [1.29, 1.82) is 0 Å². The molecule has 1 fully saturated rings. The lowest BCUT2D eigenvalue weighted by Crippen LogP contribution is -2.41. The molecule has 0 N–H and O–H groups in total. The highest BCUT2D eigenvalue weighted by atomic mass is 16.5. The summed E-state index contributed by atoms with van der Waals surface area (Å²) in [7, 11) is 1.72. The van der Waals surface area contributed by atoms with Crippen LogP contribution in [0.25, 0.3) is 0 Å².